The number of ether oxygens (including phenoxy) is 2. The number of hydrogen-bond acceptors (Lipinski definition) is 5. The molecule has 1 N–H and O–H groups in total. The van der Waals surface area contributed by atoms with Gasteiger partial charge in [-0.3, -0.25) is 19.8 Å². The summed E-state index contributed by atoms with van der Waals surface area (Å²) in [7, 11) is 0. The minimum absolute atomic E-state index is 0.00191. The smallest absolute Gasteiger partial charge is 0.265 e. The van der Waals surface area contributed by atoms with Crippen molar-refractivity contribution in [2.24, 2.45) is 0 Å². The van der Waals surface area contributed by atoms with Crippen LogP contribution in [-0.4, -0.2) is 41.6 Å². The van der Waals surface area contributed by atoms with Crippen LogP contribution in [0.4, 0.5) is 0 Å². The number of carbonyl (C=O) groups is 2. The van der Waals surface area contributed by atoms with E-state index in [9.17, 15) is 9.59 Å². The van der Waals surface area contributed by atoms with Gasteiger partial charge >= 0.3 is 0 Å². The van der Waals surface area contributed by atoms with Crippen molar-refractivity contribution in [2.75, 3.05) is 19.8 Å². The van der Waals surface area contributed by atoms with Crippen molar-refractivity contribution < 1.29 is 19.1 Å². The summed E-state index contributed by atoms with van der Waals surface area (Å²) in [4.78, 5) is 26.0. The maximum absolute atomic E-state index is 12.5. The summed E-state index contributed by atoms with van der Waals surface area (Å²) in [5.41, 5.74) is 0.652. The number of nitrogens with one attached hydrogen (secondary N) is 1. The van der Waals surface area contributed by atoms with Crippen LogP contribution in [0.5, 0.6) is 11.5 Å². The zero-order chi connectivity index (χ0) is 18.4. The van der Waals surface area contributed by atoms with Crippen LogP contribution in [0.25, 0.3) is 6.08 Å². The van der Waals surface area contributed by atoms with E-state index in [2.05, 4.69) is 11.9 Å². The van der Waals surface area contributed by atoms with Gasteiger partial charge in [0.25, 0.3) is 11.8 Å². The fourth-order valence-corrected chi connectivity index (χ4v) is 2.56. The van der Waals surface area contributed by atoms with Gasteiger partial charge in [-0.25, -0.2) is 0 Å². The quantitative estimate of drug-likeness (QED) is 0.350. The van der Waals surface area contributed by atoms with E-state index in [0.29, 0.717) is 30.3 Å². The Morgan fingerprint density at radius 3 is 2.52 bits per heavy atom. The van der Waals surface area contributed by atoms with E-state index in [1.54, 1.807) is 24.3 Å². The second kappa shape index (κ2) is 8.43. The van der Waals surface area contributed by atoms with E-state index in [1.807, 2.05) is 13.8 Å². The Morgan fingerprint density at radius 1 is 1.20 bits per heavy atom. The Balaban J connectivity index is 2.38. The first-order valence-corrected chi connectivity index (χ1v) is 8.32. The zero-order valence-electron chi connectivity index (χ0n) is 14.2. The number of hydrogen-bond donors (Lipinski definition) is 1. The number of carbonyl (C=O) groups excluding carboxylic acids is 2. The molecule has 0 saturated carbocycles. The predicted octanol–water partition coefficient (Wildman–Crippen LogP) is 2.30. The largest absolute Gasteiger partial charge is 0.490 e. The summed E-state index contributed by atoms with van der Waals surface area (Å²) >= 11 is 5.03. The first-order valence-electron chi connectivity index (χ1n) is 7.91. The van der Waals surface area contributed by atoms with Gasteiger partial charge in [0, 0.05) is 6.54 Å². The summed E-state index contributed by atoms with van der Waals surface area (Å²) in [6, 6.07) is 5.23. The number of rotatable bonds is 7. The Bertz CT molecular complexity index is 743. The fourth-order valence-electron chi connectivity index (χ4n) is 2.31. The van der Waals surface area contributed by atoms with Crippen LogP contribution < -0.4 is 14.8 Å². The second-order valence-corrected chi connectivity index (χ2v) is 5.48. The third kappa shape index (κ3) is 4.24. The third-order valence-corrected chi connectivity index (χ3v) is 3.70. The Kier molecular flexibility index (Phi) is 6.30. The molecule has 132 valence electrons. The molecule has 0 aliphatic carbocycles. The summed E-state index contributed by atoms with van der Waals surface area (Å²) in [5.74, 6) is 0.184. The highest BCUT2D eigenvalue weighted by molar-refractivity contribution is 7.80. The molecule has 7 heteroatoms. The lowest BCUT2D eigenvalue weighted by atomic mass is 10.1. The number of benzene rings is 1. The van der Waals surface area contributed by atoms with Crippen molar-refractivity contribution in [3.8, 4) is 11.5 Å². The molecular formula is C18H20N2O4S. The van der Waals surface area contributed by atoms with Gasteiger partial charge in [-0.05, 0) is 49.8 Å². The van der Waals surface area contributed by atoms with E-state index >= 15 is 0 Å². The topological polar surface area (TPSA) is 67.9 Å². The maximum atomic E-state index is 12.5. The van der Waals surface area contributed by atoms with Gasteiger partial charge < -0.3 is 9.47 Å². The third-order valence-electron chi connectivity index (χ3n) is 3.38. The molecule has 0 spiro atoms. The molecule has 0 radical (unpaired) electrons. The molecule has 1 heterocycles. The number of amides is 2. The average Bonchev–Trinajstić information content (AvgIpc) is 2.58. The minimum Gasteiger partial charge on any atom is -0.490 e. The molecule has 0 unspecified atom stereocenters. The van der Waals surface area contributed by atoms with Gasteiger partial charge in [0.05, 0.1) is 13.2 Å². The maximum Gasteiger partial charge on any atom is 0.265 e. The number of nitrogens with zero attached hydrogens (tertiary/aromatic N) is 1. The first kappa shape index (κ1) is 18.7. The van der Waals surface area contributed by atoms with Gasteiger partial charge in [-0.1, -0.05) is 12.1 Å². The van der Waals surface area contributed by atoms with E-state index in [4.69, 9.17) is 21.7 Å². The van der Waals surface area contributed by atoms with E-state index in [1.165, 1.54) is 11.0 Å². The SMILES string of the molecule is C=CCN1C(=O)C(=Cc2ccc(OCC)c(OCC)c2)C(=O)NC1=S. The molecule has 1 saturated heterocycles. The van der Waals surface area contributed by atoms with E-state index in [-0.39, 0.29) is 17.2 Å². The Hall–Kier alpha value is -2.67. The predicted molar refractivity (Wildman–Crippen MR) is 99.4 cm³/mol. The van der Waals surface area contributed by atoms with E-state index in [0.717, 1.165) is 0 Å². The lowest BCUT2D eigenvalue weighted by Crippen LogP contribution is -2.53. The molecular weight excluding hydrogens is 340 g/mol. The normalized spacial score (nSPS) is 16.0. The van der Waals surface area contributed by atoms with Crippen molar-refractivity contribution in [3.63, 3.8) is 0 Å². The molecule has 0 aromatic heterocycles. The highest BCUT2D eigenvalue weighted by atomic mass is 32.1. The lowest BCUT2D eigenvalue weighted by molar-refractivity contribution is -0.128. The number of thiocarbonyl (C=S) groups is 1. The molecule has 25 heavy (non-hydrogen) atoms. The highest BCUT2D eigenvalue weighted by Crippen LogP contribution is 2.29. The van der Waals surface area contributed by atoms with Crippen LogP contribution in [0.3, 0.4) is 0 Å². The highest BCUT2D eigenvalue weighted by Gasteiger charge is 2.32. The van der Waals surface area contributed by atoms with Crippen molar-refractivity contribution in [3.05, 3.63) is 42.0 Å². The van der Waals surface area contributed by atoms with Crippen LogP contribution in [-0.2, 0) is 9.59 Å². The van der Waals surface area contributed by atoms with Gasteiger partial charge in [0.1, 0.15) is 5.57 Å². The van der Waals surface area contributed by atoms with Crippen molar-refractivity contribution in [2.45, 2.75) is 13.8 Å². The fraction of sp³-hybridized carbons (Fsp3) is 0.278. The molecule has 2 rings (SSSR count). The van der Waals surface area contributed by atoms with Crippen LogP contribution in [0, 0.1) is 0 Å². The van der Waals surface area contributed by atoms with Gasteiger partial charge in [0.2, 0.25) is 0 Å². The molecule has 1 aliphatic rings. The van der Waals surface area contributed by atoms with E-state index < -0.39 is 11.8 Å². The molecule has 1 aliphatic heterocycles. The van der Waals surface area contributed by atoms with Crippen molar-refractivity contribution >= 4 is 35.2 Å². The minimum atomic E-state index is -0.526. The summed E-state index contributed by atoms with van der Waals surface area (Å²) < 4.78 is 11.1. The molecule has 1 fully saturated rings. The molecule has 6 nitrogen and oxygen atoms in total. The van der Waals surface area contributed by atoms with Gasteiger partial charge in [-0.2, -0.15) is 0 Å². The summed E-state index contributed by atoms with van der Waals surface area (Å²) in [6.07, 6.45) is 3.05. The summed E-state index contributed by atoms with van der Waals surface area (Å²) in [5, 5.41) is 2.59. The molecule has 1 aromatic carbocycles. The second-order valence-electron chi connectivity index (χ2n) is 5.09. The van der Waals surface area contributed by atoms with Crippen molar-refractivity contribution in [1.82, 2.24) is 10.2 Å². The van der Waals surface area contributed by atoms with Crippen LogP contribution in [0.15, 0.2) is 36.4 Å². The molecule has 0 atom stereocenters. The summed E-state index contributed by atoms with van der Waals surface area (Å²) in [6.45, 7) is 8.55. The Labute approximate surface area is 152 Å². The average molecular weight is 360 g/mol. The molecule has 2 amide bonds. The van der Waals surface area contributed by atoms with Gasteiger partial charge in [-0.15, -0.1) is 6.58 Å². The molecule has 0 bridgehead atoms. The van der Waals surface area contributed by atoms with Crippen LogP contribution in [0.1, 0.15) is 19.4 Å². The Morgan fingerprint density at radius 2 is 1.88 bits per heavy atom. The zero-order valence-corrected chi connectivity index (χ0v) is 15.0. The monoisotopic (exact) mass is 360 g/mol. The van der Waals surface area contributed by atoms with Crippen LogP contribution >= 0.6 is 12.2 Å². The lowest BCUT2D eigenvalue weighted by Gasteiger charge is -2.27. The van der Waals surface area contributed by atoms with Gasteiger partial charge in [0.15, 0.2) is 16.6 Å². The standard InChI is InChI=1S/C18H20N2O4S/c1-4-9-20-17(22)13(16(21)19-18(20)25)10-12-7-8-14(23-5-2)15(11-12)24-6-3/h4,7-8,10-11H,1,5-6,9H2,2-3H3,(H,19,21,25). The first-order chi connectivity index (χ1) is 12.0. The van der Waals surface area contributed by atoms with Crippen LogP contribution in [0.2, 0.25) is 0 Å². The van der Waals surface area contributed by atoms with Crippen molar-refractivity contribution in [1.29, 1.82) is 0 Å². The molecule has 1 aromatic rings.